The summed E-state index contributed by atoms with van der Waals surface area (Å²) < 4.78 is 24.0. The van der Waals surface area contributed by atoms with Gasteiger partial charge in [0.15, 0.2) is 0 Å². The minimum absolute atomic E-state index is 0.0818. The number of likely N-dealkylation sites (tertiary alicyclic amines) is 2. The summed E-state index contributed by atoms with van der Waals surface area (Å²) in [6.45, 7) is 13.6. The minimum atomic E-state index is -1.25. The number of esters is 2. The molecule has 2 saturated heterocycles. The summed E-state index contributed by atoms with van der Waals surface area (Å²) in [5, 5.41) is 0. The lowest BCUT2D eigenvalue weighted by atomic mass is 9.87. The zero-order chi connectivity index (χ0) is 24.1. The molecule has 8 heteroatoms. The number of hydrogen-bond donors (Lipinski definition) is 0. The van der Waals surface area contributed by atoms with E-state index in [4.69, 9.17) is 18.9 Å². The molecule has 0 aromatic carbocycles. The average molecular weight is 469 g/mol. The van der Waals surface area contributed by atoms with Gasteiger partial charge in [0.25, 0.3) is 5.85 Å². The topological polar surface area (TPSA) is 77.5 Å². The van der Waals surface area contributed by atoms with E-state index in [0.29, 0.717) is 19.8 Å². The van der Waals surface area contributed by atoms with Crippen LogP contribution in [-0.2, 0) is 28.5 Å². The molecular weight excluding hydrogens is 424 g/mol. The van der Waals surface area contributed by atoms with E-state index < -0.39 is 11.4 Å². The first kappa shape index (κ1) is 26.4. The van der Waals surface area contributed by atoms with Crippen LogP contribution in [0.2, 0.25) is 0 Å². The van der Waals surface area contributed by atoms with Gasteiger partial charge < -0.3 is 18.9 Å². The third-order valence-electron chi connectivity index (χ3n) is 6.80. The van der Waals surface area contributed by atoms with E-state index in [-0.39, 0.29) is 30.1 Å². The van der Waals surface area contributed by atoms with Crippen molar-refractivity contribution in [3.63, 3.8) is 0 Å². The van der Waals surface area contributed by atoms with Crippen molar-refractivity contribution in [1.82, 2.24) is 9.80 Å². The molecular formula is C25H44N2O6. The molecule has 190 valence electrons. The van der Waals surface area contributed by atoms with Gasteiger partial charge in [-0.3, -0.25) is 14.6 Å². The Morgan fingerprint density at radius 1 is 0.848 bits per heavy atom. The molecule has 33 heavy (non-hydrogen) atoms. The van der Waals surface area contributed by atoms with Gasteiger partial charge in [-0.1, -0.05) is 0 Å². The summed E-state index contributed by atoms with van der Waals surface area (Å²) in [7, 11) is 0. The molecule has 0 bridgehead atoms. The van der Waals surface area contributed by atoms with E-state index in [0.717, 1.165) is 64.6 Å². The standard InChI is InChI=1S/C25H44N2O6/c1-6-30-21-14-17-27(18-21)25(26-15-8-9-16-26,23(29)33-24(3,4)5)32-20-12-10-19(11-13-20)22(28)31-7-2/h19-21H,6-18H2,1-5H3/t19?,20?,21-,25?/m0/s1. The Labute approximate surface area is 199 Å². The monoisotopic (exact) mass is 468 g/mol. The molecule has 8 nitrogen and oxygen atoms in total. The molecule has 3 aliphatic rings. The van der Waals surface area contributed by atoms with Crippen LogP contribution in [0.1, 0.15) is 79.6 Å². The third-order valence-corrected chi connectivity index (χ3v) is 6.80. The van der Waals surface area contributed by atoms with Gasteiger partial charge in [-0.25, -0.2) is 4.79 Å². The maximum Gasteiger partial charge on any atom is 0.371 e. The van der Waals surface area contributed by atoms with E-state index in [1.54, 1.807) is 0 Å². The lowest BCUT2D eigenvalue weighted by Gasteiger charge is -2.48. The molecule has 2 aliphatic heterocycles. The fourth-order valence-corrected chi connectivity index (χ4v) is 5.30. The second-order valence-electron chi connectivity index (χ2n) is 10.5. The van der Waals surface area contributed by atoms with Crippen LogP contribution in [0.3, 0.4) is 0 Å². The maximum absolute atomic E-state index is 13.9. The molecule has 0 aromatic rings. The van der Waals surface area contributed by atoms with E-state index >= 15 is 0 Å². The molecule has 1 unspecified atom stereocenters. The number of ether oxygens (including phenoxy) is 4. The molecule has 2 atom stereocenters. The summed E-state index contributed by atoms with van der Waals surface area (Å²) >= 11 is 0. The van der Waals surface area contributed by atoms with Gasteiger partial charge in [0.05, 0.1) is 24.7 Å². The quantitative estimate of drug-likeness (QED) is 0.477. The van der Waals surface area contributed by atoms with E-state index in [9.17, 15) is 9.59 Å². The Bertz CT molecular complexity index is 652. The molecule has 0 aromatic heterocycles. The van der Waals surface area contributed by atoms with Gasteiger partial charge >= 0.3 is 11.9 Å². The first-order valence-corrected chi connectivity index (χ1v) is 12.9. The number of carbonyl (C=O) groups excluding carboxylic acids is 2. The molecule has 0 spiro atoms. The summed E-state index contributed by atoms with van der Waals surface area (Å²) in [5.74, 6) is -1.78. The lowest BCUT2D eigenvalue weighted by Crippen LogP contribution is -2.68. The van der Waals surface area contributed by atoms with Gasteiger partial charge in [0.2, 0.25) is 0 Å². The van der Waals surface area contributed by atoms with Crippen LogP contribution in [0.5, 0.6) is 0 Å². The van der Waals surface area contributed by atoms with Gasteiger partial charge in [0.1, 0.15) is 5.60 Å². The van der Waals surface area contributed by atoms with Crippen LogP contribution >= 0.6 is 0 Å². The minimum Gasteiger partial charge on any atom is -0.466 e. The van der Waals surface area contributed by atoms with Gasteiger partial charge in [-0.2, -0.15) is 0 Å². The summed E-state index contributed by atoms with van der Waals surface area (Å²) in [4.78, 5) is 30.4. The molecule has 0 N–H and O–H groups in total. The summed E-state index contributed by atoms with van der Waals surface area (Å²) in [6.07, 6.45) is 5.79. The second kappa shape index (κ2) is 11.5. The molecule has 3 rings (SSSR count). The van der Waals surface area contributed by atoms with Crippen molar-refractivity contribution < 1.29 is 28.5 Å². The Morgan fingerprint density at radius 3 is 2.09 bits per heavy atom. The fraction of sp³-hybridized carbons (Fsp3) is 0.920. The second-order valence-corrected chi connectivity index (χ2v) is 10.5. The smallest absolute Gasteiger partial charge is 0.371 e. The Hall–Kier alpha value is -1.22. The summed E-state index contributed by atoms with van der Waals surface area (Å²) in [5.41, 5.74) is -0.619. The van der Waals surface area contributed by atoms with Crippen molar-refractivity contribution in [3.8, 4) is 0 Å². The first-order valence-electron chi connectivity index (χ1n) is 12.9. The van der Waals surface area contributed by atoms with Crippen LogP contribution < -0.4 is 0 Å². The highest BCUT2D eigenvalue weighted by Gasteiger charge is 2.57. The van der Waals surface area contributed by atoms with Crippen LogP contribution in [0.4, 0.5) is 0 Å². The average Bonchev–Trinajstić information content (AvgIpc) is 3.44. The Balaban J connectivity index is 1.84. The molecule has 1 aliphatic carbocycles. The Morgan fingerprint density at radius 2 is 1.52 bits per heavy atom. The van der Waals surface area contributed by atoms with Crippen LogP contribution in [0.25, 0.3) is 0 Å². The molecule has 0 amide bonds. The van der Waals surface area contributed by atoms with Crippen molar-refractivity contribution in [2.75, 3.05) is 39.4 Å². The zero-order valence-corrected chi connectivity index (χ0v) is 21.3. The van der Waals surface area contributed by atoms with Gasteiger partial charge in [0, 0.05) is 32.8 Å². The first-order chi connectivity index (χ1) is 15.7. The van der Waals surface area contributed by atoms with Gasteiger partial charge in [-0.05, 0) is 79.6 Å². The highest BCUT2D eigenvalue weighted by Crippen LogP contribution is 2.38. The number of nitrogens with zero attached hydrogens (tertiary/aromatic N) is 2. The normalized spacial score (nSPS) is 29.1. The van der Waals surface area contributed by atoms with Crippen LogP contribution in [-0.4, -0.2) is 84.8 Å². The van der Waals surface area contributed by atoms with Crippen LogP contribution in [0, 0.1) is 5.92 Å². The SMILES string of the molecule is CCOC(=O)C1CCC(OC(C(=O)OC(C)(C)C)(N2CCCC2)N2CC[C@H](OCC)C2)CC1. The molecule has 2 heterocycles. The number of hydrogen-bond acceptors (Lipinski definition) is 8. The van der Waals surface area contributed by atoms with Crippen molar-refractivity contribution in [3.05, 3.63) is 0 Å². The molecule has 0 radical (unpaired) electrons. The lowest BCUT2D eigenvalue weighted by molar-refractivity contribution is -0.275. The van der Waals surface area contributed by atoms with E-state index in [1.165, 1.54) is 0 Å². The molecule has 1 saturated carbocycles. The van der Waals surface area contributed by atoms with Crippen molar-refractivity contribution >= 4 is 11.9 Å². The Kier molecular flexibility index (Phi) is 9.17. The van der Waals surface area contributed by atoms with Crippen molar-refractivity contribution in [2.45, 2.75) is 103 Å². The van der Waals surface area contributed by atoms with E-state index in [1.807, 2.05) is 34.6 Å². The van der Waals surface area contributed by atoms with Gasteiger partial charge in [-0.15, -0.1) is 0 Å². The predicted octanol–water partition coefficient (Wildman–Crippen LogP) is 3.33. The largest absolute Gasteiger partial charge is 0.466 e. The molecule has 3 fully saturated rings. The fourth-order valence-electron chi connectivity index (χ4n) is 5.30. The van der Waals surface area contributed by atoms with Crippen molar-refractivity contribution in [1.29, 1.82) is 0 Å². The third kappa shape index (κ3) is 6.47. The van der Waals surface area contributed by atoms with E-state index in [2.05, 4.69) is 9.80 Å². The predicted molar refractivity (Wildman–Crippen MR) is 124 cm³/mol. The van der Waals surface area contributed by atoms with Crippen LogP contribution in [0.15, 0.2) is 0 Å². The summed E-state index contributed by atoms with van der Waals surface area (Å²) in [6, 6.07) is 0. The zero-order valence-electron chi connectivity index (χ0n) is 21.3. The highest BCUT2D eigenvalue weighted by molar-refractivity contribution is 5.79. The number of carbonyl (C=O) groups is 2. The highest BCUT2D eigenvalue weighted by atomic mass is 16.6. The van der Waals surface area contributed by atoms with Crippen molar-refractivity contribution in [2.24, 2.45) is 5.92 Å². The maximum atomic E-state index is 13.9. The number of rotatable bonds is 9.